The molecule has 2 fully saturated rings. The number of hydrogen-bond acceptors (Lipinski definition) is 4. The number of carbonyl (C=O) groups is 2. The van der Waals surface area contributed by atoms with Crippen LogP contribution in [0.1, 0.15) is 53.4 Å². The highest BCUT2D eigenvalue weighted by atomic mass is 32.2. The summed E-state index contributed by atoms with van der Waals surface area (Å²) in [5.41, 5.74) is 0. The van der Waals surface area contributed by atoms with E-state index in [1.165, 1.54) is 19.3 Å². The van der Waals surface area contributed by atoms with Crippen molar-refractivity contribution in [2.45, 2.75) is 53.4 Å². The van der Waals surface area contributed by atoms with Gasteiger partial charge in [-0.05, 0) is 19.3 Å². The number of likely N-dealkylation sites (tertiary alicyclic amines) is 1. The summed E-state index contributed by atoms with van der Waals surface area (Å²) in [6.45, 7) is 6.44. The van der Waals surface area contributed by atoms with E-state index < -0.39 is 9.84 Å². The van der Waals surface area contributed by atoms with Crippen LogP contribution in [0, 0.1) is 0 Å². The molecule has 7 heteroatoms. The highest BCUT2D eigenvalue weighted by molar-refractivity contribution is 7.91. The lowest BCUT2D eigenvalue weighted by atomic mass is 10.1. The molecule has 0 radical (unpaired) electrons. The lowest BCUT2D eigenvalue weighted by molar-refractivity contribution is -0.132. The molecule has 0 aromatic carbocycles. The molecule has 2 saturated heterocycles. The molecule has 0 aromatic rings. The van der Waals surface area contributed by atoms with E-state index in [4.69, 9.17) is 0 Å². The summed E-state index contributed by atoms with van der Waals surface area (Å²) in [5.74, 6) is 0.613. The SMILES string of the molecule is C.CCC(=O)N1CCCCC1.CCC(=O)N1CCS(=O)(=O)CC1. The van der Waals surface area contributed by atoms with E-state index in [1.807, 2.05) is 11.8 Å². The van der Waals surface area contributed by atoms with E-state index in [2.05, 4.69) is 0 Å². The molecule has 2 rings (SSSR count). The molecular formula is C16H32N2O4S. The van der Waals surface area contributed by atoms with Crippen molar-refractivity contribution in [1.29, 1.82) is 0 Å². The number of nitrogens with zero attached hydrogens (tertiary/aromatic N) is 2. The number of sulfone groups is 1. The van der Waals surface area contributed by atoms with Crippen LogP contribution in [0.4, 0.5) is 0 Å². The monoisotopic (exact) mass is 348 g/mol. The third-order valence-corrected chi connectivity index (χ3v) is 5.62. The zero-order valence-electron chi connectivity index (χ0n) is 13.7. The fourth-order valence-electron chi connectivity index (χ4n) is 2.55. The van der Waals surface area contributed by atoms with Gasteiger partial charge in [-0.3, -0.25) is 9.59 Å². The van der Waals surface area contributed by atoms with Gasteiger partial charge in [-0.15, -0.1) is 0 Å². The normalized spacial score (nSPS) is 19.9. The first-order valence-corrected chi connectivity index (χ1v) is 9.97. The summed E-state index contributed by atoms with van der Waals surface area (Å²) in [6.07, 6.45) is 4.82. The van der Waals surface area contributed by atoms with Crippen LogP contribution in [0.15, 0.2) is 0 Å². The van der Waals surface area contributed by atoms with E-state index in [-0.39, 0.29) is 24.8 Å². The van der Waals surface area contributed by atoms with Gasteiger partial charge in [-0.25, -0.2) is 8.42 Å². The van der Waals surface area contributed by atoms with Gasteiger partial charge in [0, 0.05) is 39.0 Å². The molecule has 6 nitrogen and oxygen atoms in total. The van der Waals surface area contributed by atoms with Gasteiger partial charge in [0.15, 0.2) is 9.84 Å². The maximum absolute atomic E-state index is 11.1. The van der Waals surface area contributed by atoms with Gasteiger partial charge < -0.3 is 9.80 Å². The summed E-state index contributed by atoms with van der Waals surface area (Å²) in [6, 6.07) is 0. The average molecular weight is 349 g/mol. The van der Waals surface area contributed by atoms with Gasteiger partial charge in [-0.2, -0.15) is 0 Å². The fourth-order valence-corrected chi connectivity index (χ4v) is 3.75. The highest BCUT2D eigenvalue weighted by Gasteiger charge is 2.23. The topological polar surface area (TPSA) is 74.8 Å². The molecule has 0 N–H and O–H groups in total. The minimum atomic E-state index is -2.85. The minimum Gasteiger partial charge on any atom is -0.343 e. The standard InChI is InChI=1S/C8H15NO.C7H13NO3S.CH4/c1-2-8(10)9-6-4-3-5-7-9;1-2-7(9)8-3-5-12(10,11)6-4-8;/h2-7H2,1H3;2-6H2,1H3;1H4. The fraction of sp³-hybridized carbons (Fsp3) is 0.875. The van der Waals surface area contributed by atoms with Crippen molar-refractivity contribution in [3.63, 3.8) is 0 Å². The van der Waals surface area contributed by atoms with Gasteiger partial charge in [0.2, 0.25) is 11.8 Å². The molecule has 23 heavy (non-hydrogen) atoms. The van der Waals surface area contributed by atoms with Crippen molar-refractivity contribution < 1.29 is 18.0 Å². The predicted octanol–water partition coefficient (Wildman–Crippen LogP) is 1.70. The molecule has 0 atom stereocenters. The van der Waals surface area contributed by atoms with Crippen LogP contribution in [0.5, 0.6) is 0 Å². The van der Waals surface area contributed by atoms with Crippen molar-refractivity contribution in [2.75, 3.05) is 37.7 Å². The lowest BCUT2D eigenvalue weighted by Crippen LogP contribution is -2.43. The molecule has 0 saturated carbocycles. The van der Waals surface area contributed by atoms with E-state index in [0.717, 1.165) is 13.1 Å². The number of piperidine rings is 1. The second-order valence-corrected chi connectivity index (χ2v) is 7.98. The molecule has 0 bridgehead atoms. The van der Waals surface area contributed by atoms with E-state index in [9.17, 15) is 18.0 Å². The van der Waals surface area contributed by atoms with Gasteiger partial charge >= 0.3 is 0 Å². The summed E-state index contributed by atoms with van der Waals surface area (Å²) in [4.78, 5) is 25.8. The highest BCUT2D eigenvalue weighted by Crippen LogP contribution is 2.09. The Labute approximate surface area is 141 Å². The van der Waals surface area contributed by atoms with Gasteiger partial charge in [0.1, 0.15) is 0 Å². The van der Waals surface area contributed by atoms with Gasteiger partial charge in [-0.1, -0.05) is 21.3 Å². The Morgan fingerprint density at radius 2 is 1.17 bits per heavy atom. The molecule has 2 aliphatic heterocycles. The largest absolute Gasteiger partial charge is 0.343 e. The number of amides is 2. The first-order chi connectivity index (χ1) is 10.4. The Bertz CT molecular complexity index is 456. The quantitative estimate of drug-likeness (QED) is 0.761. The van der Waals surface area contributed by atoms with Crippen LogP contribution in [-0.2, 0) is 19.4 Å². The zero-order chi connectivity index (χ0) is 16.6. The van der Waals surface area contributed by atoms with Crippen LogP contribution < -0.4 is 0 Å². The molecule has 0 aromatic heterocycles. The molecule has 0 aliphatic carbocycles. The third kappa shape index (κ3) is 7.81. The minimum absolute atomic E-state index is 0. The summed E-state index contributed by atoms with van der Waals surface area (Å²) >= 11 is 0. The second-order valence-electron chi connectivity index (χ2n) is 5.68. The second kappa shape index (κ2) is 10.6. The molecule has 2 aliphatic rings. The summed E-state index contributed by atoms with van der Waals surface area (Å²) in [5, 5.41) is 0. The Hall–Kier alpha value is -1.11. The van der Waals surface area contributed by atoms with Crippen molar-refractivity contribution in [3.05, 3.63) is 0 Å². The molecule has 0 unspecified atom stereocenters. The first-order valence-electron chi connectivity index (χ1n) is 8.15. The average Bonchev–Trinajstić information content (AvgIpc) is 2.55. The number of hydrogen-bond donors (Lipinski definition) is 0. The lowest BCUT2D eigenvalue weighted by Gasteiger charge is -2.26. The Morgan fingerprint density at radius 1 is 0.783 bits per heavy atom. The van der Waals surface area contributed by atoms with Crippen molar-refractivity contribution >= 4 is 21.7 Å². The Kier molecular flexibility index (Phi) is 10.1. The maximum atomic E-state index is 11.1. The van der Waals surface area contributed by atoms with E-state index >= 15 is 0 Å². The van der Waals surface area contributed by atoms with E-state index in [0.29, 0.717) is 31.8 Å². The van der Waals surface area contributed by atoms with Crippen LogP contribution in [0.25, 0.3) is 0 Å². The van der Waals surface area contributed by atoms with Crippen molar-refractivity contribution in [1.82, 2.24) is 9.80 Å². The van der Waals surface area contributed by atoms with Crippen LogP contribution in [-0.4, -0.2) is 67.7 Å². The third-order valence-electron chi connectivity index (χ3n) is 4.01. The Morgan fingerprint density at radius 3 is 1.57 bits per heavy atom. The molecule has 2 amide bonds. The molecular weight excluding hydrogens is 316 g/mol. The number of carbonyl (C=O) groups excluding carboxylic acids is 2. The van der Waals surface area contributed by atoms with E-state index in [1.54, 1.807) is 11.8 Å². The smallest absolute Gasteiger partial charge is 0.222 e. The summed E-state index contributed by atoms with van der Waals surface area (Å²) < 4.78 is 21.9. The first kappa shape index (κ1) is 21.9. The number of rotatable bonds is 2. The van der Waals surface area contributed by atoms with Crippen LogP contribution >= 0.6 is 0 Å². The van der Waals surface area contributed by atoms with Gasteiger partial charge in [0.05, 0.1) is 11.5 Å². The van der Waals surface area contributed by atoms with Crippen molar-refractivity contribution in [3.8, 4) is 0 Å². The van der Waals surface area contributed by atoms with Crippen LogP contribution in [0.3, 0.4) is 0 Å². The van der Waals surface area contributed by atoms with Crippen molar-refractivity contribution in [2.24, 2.45) is 0 Å². The Balaban J connectivity index is 0.000000409. The predicted molar refractivity (Wildman–Crippen MR) is 93.0 cm³/mol. The van der Waals surface area contributed by atoms with Crippen LogP contribution in [0.2, 0.25) is 0 Å². The molecule has 136 valence electrons. The molecule has 0 spiro atoms. The molecule has 2 heterocycles. The van der Waals surface area contributed by atoms with Gasteiger partial charge in [0.25, 0.3) is 0 Å². The zero-order valence-corrected chi connectivity index (χ0v) is 14.5. The maximum Gasteiger partial charge on any atom is 0.222 e. The summed E-state index contributed by atoms with van der Waals surface area (Å²) in [7, 11) is -2.85.